The van der Waals surface area contributed by atoms with Gasteiger partial charge >= 0.3 is 5.97 Å². The maximum Gasteiger partial charge on any atom is 0.329 e. The first-order chi connectivity index (χ1) is 34.1. The highest BCUT2D eigenvalue weighted by Crippen LogP contribution is 2.38. The summed E-state index contributed by atoms with van der Waals surface area (Å²) in [4.78, 5) is 74.0. The molecule has 4 aliphatic rings. The average Bonchev–Trinajstić information content (AvgIpc) is 3.35. The van der Waals surface area contributed by atoms with Gasteiger partial charge < -0.3 is 48.6 Å². The van der Waals surface area contributed by atoms with E-state index in [1.165, 1.54) is 16.6 Å². The number of aromatic nitrogens is 1. The highest BCUT2D eigenvalue weighted by atomic mass is 16.6. The molecule has 15 atom stereocenters. The lowest BCUT2D eigenvalue weighted by Crippen LogP contribution is -2.61. The number of rotatable bonds is 7. The predicted molar refractivity (Wildman–Crippen MR) is 278 cm³/mol. The maximum atomic E-state index is 14.5. The van der Waals surface area contributed by atoms with Crippen molar-refractivity contribution in [2.45, 2.75) is 186 Å². The van der Waals surface area contributed by atoms with Crippen LogP contribution in [-0.2, 0) is 45.2 Å². The molecular formula is C57H87N3O12. The standard InChI is InChI=1S/C57H87N3O12/c1-35-18-13-12-14-19-37(3)46(59(9)44-21-17-28-58(8)54(44)65)34-43-25-23-41(7)57(68,72-43)53(64)55(66)60-29-16-15-20-45(60)56(67)71-48(38(4)32-42-24-26-47(61)49(33-42)69-10)27-22-36(2)31-40(6)51(63)52(70-11)50(62)39(5)30-35/h12-14,17-19,21,28,31,35-36,38-39,41-43,45-49,51-52,61,63,68H,15-16,20,22-27,29-30,32-34H2,1-11H3/b14-12+,18-13+,37-19+,40-31+/t35-,36+,38-,39-,41-,42+,43+,45+,46?,47-,48+,49-,51-,52+,57-/m1/s1. The summed E-state index contributed by atoms with van der Waals surface area (Å²) in [6, 6.07) is 2.05. The van der Waals surface area contributed by atoms with Crippen molar-refractivity contribution >= 4 is 29.1 Å². The molecule has 1 unspecified atom stereocenters. The first-order valence-corrected chi connectivity index (χ1v) is 26.6. The second-order valence-electron chi connectivity index (χ2n) is 21.9. The van der Waals surface area contributed by atoms with E-state index >= 15 is 0 Å². The minimum atomic E-state index is -2.47. The van der Waals surface area contributed by atoms with Gasteiger partial charge in [0.1, 0.15) is 30.0 Å². The van der Waals surface area contributed by atoms with Gasteiger partial charge in [-0.3, -0.25) is 19.2 Å². The van der Waals surface area contributed by atoms with Crippen LogP contribution in [0.1, 0.15) is 132 Å². The zero-order valence-corrected chi connectivity index (χ0v) is 45.0. The smallest absolute Gasteiger partial charge is 0.329 e. The molecule has 3 aliphatic heterocycles. The average molecular weight is 1010 g/mol. The Morgan fingerprint density at radius 2 is 1.60 bits per heavy atom. The van der Waals surface area contributed by atoms with Crippen molar-refractivity contribution in [3.05, 3.63) is 76.3 Å². The van der Waals surface area contributed by atoms with E-state index < -0.39 is 77.9 Å². The summed E-state index contributed by atoms with van der Waals surface area (Å²) in [5, 5.41) is 34.4. The van der Waals surface area contributed by atoms with Gasteiger partial charge in [-0.2, -0.15) is 0 Å². The second kappa shape index (κ2) is 26.8. The lowest BCUT2D eigenvalue weighted by atomic mass is 9.78. The van der Waals surface area contributed by atoms with Gasteiger partial charge in [0, 0.05) is 52.9 Å². The molecule has 1 amide bonds. The second-order valence-corrected chi connectivity index (χ2v) is 21.9. The number of ketones is 2. The molecule has 5 rings (SSSR count). The van der Waals surface area contributed by atoms with Crippen LogP contribution in [0.15, 0.2) is 70.7 Å². The first kappa shape index (κ1) is 58.6. The third-order valence-electron chi connectivity index (χ3n) is 16.2. The predicted octanol–water partition coefficient (Wildman–Crippen LogP) is 7.19. The van der Waals surface area contributed by atoms with Crippen LogP contribution < -0.4 is 10.5 Å². The molecule has 4 heterocycles. The number of aliphatic hydroxyl groups excluding tert-OH is 2. The Hall–Kier alpha value is -4.25. The number of carbonyl (C=O) groups excluding carboxylic acids is 4. The lowest BCUT2D eigenvalue weighted by molar-refractivity contribution is -0.263. The number of hydrogen-bond acceptors (Lipinski definition) is 13. The van der Waals surface area contributed by atoms with Gasteiger partial charge in [-0.1, -0.05) is 76.6 Å². The van der Waals surface area contributed by atoms with Crippen molar-refractivity contribution in [2.75, 3.05) is 32.7 Å². The highest BCUT2D eigenvalue weighted by molar-refractivity contribution is 6.39. The summed E-state index contributed by atoms with van der Waals surface area (Å²) in [6.07, 6.45) is 15.9. The van der Waals surface area contributed by atoms with Crippen molar-refractivity contribution in [2.24, 2.45) is 42.6 Å². The van der Waals surface area contributed by atoms with E-state index in [0.717, 1.165) is 12.0 Å². The van der Waals surface area contributed by atoms with E-state index in [1.807, 2.05) is 83.0 Å². The highest BCUT2D eigenvalue weighted by Gasteiger charge is 2.53. The first-order valence-electron chi connectivity index (χ1n) is 26.6. The SMILES string of the molecule is CO[C@@H]1C[C@H](C[C@@H](C)[C@@H]2CC[C@H](C)/C=C(\C)[C@@H](O)[C@@H](OC)C(=O)[C@H](C)C[C@H](C)/C=C/C=C/C=C(\C)C(N(C)c3cccn(C)c3=O)C[C@@H]3CC[C@@H](C)[C@@](O)(O3)C(=O)C(=O)N3CCCC[C@H]3C(=O)O2)CC[C@H]1O. The molecule has 15 heteroatoms. The minimum Gasteiger partial charge on any atom is -0.461 e. The quantitative estimate of drug-likeness (QED) is 0.141. The number of Topliss-reactive ketones (excluding diaryl/α,β-unsaturated/α-hetero) is 2. The summed E-state index contributed by atoms with van der Waals surface area (Å²) in [5.41, 5.74) is 1.72. The van der Waals surface area contributed by atoms with E-state index in [0.29, 0.717) is 75.5 Å². The van der Waals surface area contributed by atoms with E-state index in [1.54, 1.807) is 46.3 Å². The molecule has 0 radical (unpaired) electrons. The Kier molecular flexibility index (Phi) is 21.8. The molecule has 1 aliphatic carbocycles. The summed E-state index contributed by atoms with van der Waals surface area (Å²) in [7, 11) is 6.55. The molecule has 1 saturated carbocycles. The molecule has 1 aromatic heterocycles. The molecule has 0 spiro atoms. The van der Waals surface area contributed by atoms with Gasteiger partial charge in [-0.25, -0.2) is 4.79 Å². The fourth-order valence-electron chi connectivity index (χ4n) is 11.5. The fourth-order valence-corrected chi connectivity index (χ4v) is 11.5. The van der Waals surface area contributed by atoms with Gasteiger partial charge in [0.25, 0.3) is 17.2 Å². The van der Waals surface area contributed by atoms with E-state index in [4.69, 9.17) is 18.9 Å². The molecule has 3 N–H and O–H groups in total. The monoisotopic (exact) mass is 1010 g/mol. The summed E-state index contributed by atoms with van der Waals surface area (Å²) < 4.78 is 25.6. The van der Waals surface area contributed by atoms with Gasteiger partial charge in [-0.15, -0.1) is 0 Å². The summed E-state index contributed by atoms with van der Waals surface area (Å²) in [6.45, 7) is 13.5. The van der Waals surface area contributed by atoms with E-state index in [-0.39, 0.29) is 60.5 Å². The number of ether oxygens (including phenoxy) is 4. The number of pyridine rings is 1. The molecule has 2 saturated heterocycles. The number of cyclic esters (lactones) is 1. The molecular weight excluding hydrogens is 919 g/mol. The number of allylic oxidation sites excluding steroid dienone is 6. The van der Waals surface area contributed by atoms with Crippen LogP contribution in [0.2, 0.25) is 0 Å². The van der Waals surface area contributed by atoms with E-state index in [9.17, 15) is 39.3 Å². The summed E-state index contributed by atoms with van der Waals surface area (Å²) in [5.74, 6) is -6.52. The van der Waals surface area contributed by atoms with Crippen LogP contribution in [0.5, 0.6) is 0 Å². The molecule has 15 nitrogen and oxygen atoms in total. The molecule has 402 valence electrons. The van der Waals surface area contributed by atoms with Crippen molar-refractivity contribution in [3.8, 4) is 0 Å². The van der Waals surface area contributed by atoms with Gasteiger partial charge in [-0.05, 0) is 139 Å². The van der Waals surface area contributed by atoms with Crippen molar-refractivity contribution in [1.82, 2.24) is 9.47 Å². The van der Waals surface area contributed by atoms with E-state index in [2.05, 4.69) is 0 Å². The number of fused-ring (bicyclic) bond motifs is 3. The molecule has 72 heavy (non-hydrogen) atoms. The maximum absolute atomic E-state index is 14.5. The number of carbonyl (C=O) groups is 4. The van der Waals surface area contributed by atoms with Crippen LogP contribution in [0, 0.1) is 35.5 Å². The zero-order valence-electron chi connectivity index (χ0n) is 45.0. The van der Waals surface area contributed by atoms with Gasteiger partial charge in [0.15, 0.2) is 5.78 Å². The Morgan fingerprint density at radius 1 is 0.861 bits per heavy atom. The van der Waals surface area contributed by atoms with Crippen molar-refractivity contribution in [3.63, 3.8) is 0 Å². The summed E-state index contributed by atoms with van der Waals surface area (Å²) >= 11 is 0. The number of anilines is 1. The van der Waals surface area contributed by atoms with Crippen LogP contribution >= 0.6 is 0 Å². The van der Waals surface area contributed by atoms with Crippen LogP contribution in [0.4, 0.5) is 5.69 Å². The normalized spacial score (nSPS) is 37.5. The third kappa shape index (κ3) is 14.7. The third-order valence-corrected chi connectivity index (χ3v) is 16.2. The number of aliphatic hydroxyl groups is 3. The largest absolute Gasteiger partial charge is 0.461 e. The Morgan fingerprint density at radius 3 is 2.31 bits per heavy atom. The molecule has 2 bridgehead atoms. The zero-order chi connectivity index (χ0) is 53.0. The Bertz CT molecular complexity index is 2180. The molecule has 0 aromatic carbocycles. The number of likely N-dealkylation sites (N-methyl/N-ethyl adjacent to an activating group) is 1. The Balaban J connectivity index is 1.51. The van der Waals surface area contributed by atoms with Gasteiger partial charge in [0.05, 0.1) is 24.4 Å². The van der Waals surface area contributed by atoms with Crippen LogP contribution in [-0.4, -0.2) is 131 Å². The van der Waals surface area contributed by atoms with Crippen LogP contribution in [0.3, 0.4) is 0 Å². The Labute approximate surface area is 428 Å². The van der Waals surface area contributed by atoms with Gasteiger partial charge in [0.2, 0.25) is 5.79 Å². The van der Waals surface area contributed by atoms with Crippen molar-refractivity contribution < 1.29 is 53.4 Å². The number of aryl methyl sites for hydroxylation is 1. The lowest BCUT2D eigenvalue weighted by Gasteiger charge is -2.43. The number of methoxy groups -OCH3 is 2. The minimum absolute atomic E-state index is 0.0182. The topological polar surface area (TPSA) is 194 Å². The number of piperidine rings is 1. The molecule has 1 aromatic rings. The number of esters is 1. The number of nitrogens with zero attached hydrogens (tertiary/aromatic N) is 3. The van der Waals surface area contributed by atoms with Crippen LogP contribution in [0.25, 0.3) is 0 Å². The van der Waals surface area contributed by atoms with Crippen molar-refractivity contribution in [1.29, 1.82) is 0 Å². The number of amides is 1. The fraction of sp³-hybridized carbons (Fsp3) is 0.702. The number of hydrogen-bond donors (Lipinski definition) is 3. The molecule has 3 fully saturated rings.